The van der Waals surface area contributed by atoms with Gasteiger partial charge in [0.1, 0.15) is 18.2 Å². The summed E-state index contributed by atoms with van der Waals surface area (Å²) in [5.41, 5.74) is 0.513. The van der Waals surface area contributed by atoms with Gasteiger partial charge in [-0.1, -0.05) is 23.2 Å². The molecular formula is C15H12Cl2FNO2. The molecule has 0 aliphatic carbocycles. The molecule has 2 aromatic rings. The van der Waals surface area contributed by atoms with Crippen LogP contribution < -0.4 is 10.1 Å². The third-order valence-electron chi connectivity index (χ3n) is 2.65. The monoisotopic (exact) mass is 327 g/mol. The number of hydrogen-bond donors (Lipinski definition) is 1. The Bertz CT molecular complexity index is 632. The van der Waals surface area contributed by atoms with Crippen LogP contribution in [0.1, 0.15) is 10.4 Å². The van der Waals surface area contributed by atoms with Crippen molar-refractivity contribution < 1.29 is 13.9 Å². The molecular weight excluding hydrogens is 316 g/mol. The Kier molecular flexibility index (Phi) is 5.42. The van der Waals surface area contributed by atoms with Crippen molar-refractivity contribution in [2.45, 2.75) is 0 Å². The summed E-state index contributed by atoms with van der Waals surface area (Å²) in [6.07, 6.45) is 0. The van der Waals surface area contributed by atoms with Gasteiger partial charge in [0.05, 0.1) is 11.6 Å². The first-order chi connectivity index (χ1) is 10.1. The minimum atomic E-state index is -0.427. The summed E-state index contributed by atoms with van der Waals surface area (Å²) in [6.45, 7) is 0.528. The summed E-state index contributed by atoms with van der Waals surface area (Å²) < 4.78 is 18.2. The van der Waals surface area contributed by atoms with Crippen molar-refractivity contribution in [1.82, 2.24) is 5.32 Å². The highest BCUT2D eigenvalue weighted by Gasteiger charge is 2.06. The van der Waals surface area contributed by atoms with Crippen molar-refractivity contribution in [2.24, 2.45) is 0 Å². The average Bonchev–Trinajstić information content (AvgIpc) is 2.46. The van der Waals surface area contributed by atoms with Crippen molar-refractivity contribution in [3.8, 4) is 5.75 Å². The molecule has 0 aromatic heterocycles. The molecule has 0 atom stereocenters. The van der Waals surface area contributed by atoms with Crippen LogP contribution in [0.4, 0.5) is 4.39 Å². The highest BCUT2D eigenvalue weighted by molar-refractivity contribution is 6.32. The predicted molar refractivity (Wildman–Crippen MR) is 80.7 cm³/mol. The molecule has 0 bridgehead atoms. The SMILES string of the molecule is O=C(NCCOc1ccc(F)cc1Cl)c1ccc(Cl)cc1. The molecule has 0 saturated carbocycles. The normalized spacial score (nSPS) is 10.2. The van der Waals surface area contributed by atoms with Crippen molar-refractivity contribution in [3.63, 3.8) is 0 Å². The van der Waals surface area contributed by atoms with Gasteiger partial charge in [-0.2, -0.15) is 0 Å². The Morgan fingerprint density at radius 2 is 1.86 bits per heavy atom. The van der Waals surface area contributed by atoms with Gasteiger partial charge >= 0.3 is 0 Å². The Morgan fingerprint density at radius 3 is 2.52 bits per heavy atom. The maximum absolute atomic E-state index is 12.9. The number of halogens is 3. The smallest absolute Gasteiger partial charge is 0.251 e. The molecule has 1 N–H and O–H groups in total. The first-order valence-electron chi connectivity index (χ1n) is 6.18. The Labute approximate surface area is 131 Å². The van der Waals surface area contributed by atoms with E-state index in [-0.39, 0.29) is 17.5 Å². The van der Waals surface area contributed by atoms with E-state index in [1.807, 2.05) is 0 Å². The van der Waals surface area contributed by atoms with Gasteiger partial charge in [0.25, 0.3) is 5.91 Å². The molecule has 0 saturated heterocycles. The van der Waals surface area contributed by atoms with Crippen LogP contribution in [-0.2, 0) is 0 Å². The summed E-state index contributed by atoms with van der Waals surface area (Å²) >= 11 is 11.6. The third-order valence-corrected chi connectivity index (χ3v) is 3.19. The predicted octanol–water partition coefficient (Wildman–Crippen LogP) is 3.94. The van der Waals surface area contributed by atoms with Crippen molar-refractivity contribution in [3.05, 3.63) is 63.9 Å². The zero-order valence-corrected chi connectivity index (χ0v) is 12.4. The van der Waals surface area contributed by atoms with E-state index in [4.69, 9.17) is 27.9 Å². The molecule has 3 nitrogen and oxygen atoms in total. The van der Waals surface area contributed by atoms with Crippen LogP contribution in [0.3, 0.4) is 0 Å². The molecule has 110 valence electrons. The molecule has 2 aromatic carbocycles. The number of carbonyl (C=O) groups excluding carboxylic acids is 1. The van der Waals surface area contributed by atoms with Gasteiger partial charge in [-0.05, 0) is 42.5 Å². The second-order valence-corrected chi connectivity index (χ2v) is 5.03. The lowest BCUT2D eigenvalue weighted by Crippen LogP contribution is -2.28. The molecule has 21 heavy (non-hydrogen) atoms. The lowest BCUT2D eigenvalue weighted by atomic mass is 10.2. The number of nitrogens with one attached hydrogen (secondary N) is 1. The van der Waals surface area contributed by atoms with Crippen LogP contribution in [0.2, 0.25) is 10.0 Å². The van der Waals surface area contributed by atoms with Crippen LogP contribution in [0.5, 0.6) is 5.75 Å². The molecule has 1 amide bonds. The van der Waals surface area contributed by atoms with E-state index in [0.717, 1.165) is 0 Å². The summed E-state index contributed by atoms with van der Waals surface area (Å²) in [5, 5.41) is 3.46. The zero-order valence-electron chi connectivity index (χ0n) is 10.9. The quantitative estimate of drug-likeness (QED) is 0.844. The molecule has 0 radical (unpaired) electrons. The molecule has 0 heterocycles. The maximum Gasteiger partial charge on any atom is 0.251 e. The summed E-state index contributed by atoms with van der Waals surface area (Å²) in [5.74, 6) is -0.275. The Morgan fingerprint density at radius 1 is 1.14 bits per heavy atom. The second kappa shape index (κ2) is 7.29. The number of carbonyl (C=O) groups is 1. The number of rotatable bonds is 5. The first kappa shape index (κ1) is 15.6. The summed E-state index contributed by atoms with van der Waals surface area (Å²) in [6, 6.07) is 10.4. The van der Waals surface area contributed by atoms with Gasteiger partial charge in [0, 0.05) is 10.6 Å². The molecule has 0 spiro atoms. The van der Waals surface area contributed by atoms with Crippen molar-refractivity contribution in [2.75, 3.05) is 13.2 Å². The lowest BCUT2D eigenvalue weighted by molar-refractivity contribution is 0.0947. The summed E-state index contributed by atoms with van der Waals surface area (Å²) in [4.78, 5) is 11.8. The zero-order chi connectivity index (χ0) is 15.2. The van der Waals surface area contributed by atoms with Gasteiger partial charge in [-0.3, -0.25) is 4.79 Å². The van der Waals surface area contributed by atoms with Crippen LogP contribution in [0.25, 0.3) is 0 Å². The topological polar surface area (TPSA) is 38.3 Å². The minimum Gasteiger partial charge on any atom is -0.490 e. The third kappa shape index (κ3) is 4.62. The number of benzene rings is 2. The fourth-order valence-corrected chi connectivity index (χ4v) is 1.97. The van der Waals surface area contributed by atoms with E-state index in [9.17, 15) is 9.18 Å². The van der Waals surface area contributed by atoms with Crippen molar-refractivity contribution in [1.29, 1.82) is 0 Å². The molecule has 0 aliphatic heterocycles. The van der Waals surface area contributed by atoms with Crippen molar-refractivity contribution >= 4 is 29.1 Å². The van der Waals surface area contributed by atoms with Crippen LogP contribution in [0, 0.1) is 5.82 Å². The standard InChI is InChI=1S/C15H12Cl2FNO2/c16-11-3-1-10(2-4-11)15(20)19-7-8-21-14-6-5-12(18)9-13(14)17/h1-6,9H,7-8H2,(H,19,20). The van der Waals surface area contributed by atoms with Gasteiger partial charge < -0.3 is 10.1 Å². The van der Waals surface area contributed by atoms with E-state index in [1.54, 1.807) is 24.3 Å². The van der Waals surface area contributed by atoms with E-state index in [2.05, 4.69) is 5.32 Å². The number of hydrogen-bond acceptors (Lipinski definition) is 2. The molecule has 2 rings (SSSR count). The minimum absolute atomic E-state index is 0.194. The van der Waals surface area contributed by atoms with Gasteiger partial charge in [-0.15, -0.1) is 0 Å². The Hall–Kier alpha value is -1.78. The van der Waals surface area contributed by atoms with Gasteiger partial charge in [-0.25, -0.2) is 4.39 Å². The van der Waals surface area contributed by atoms with E-state index in [0.29, 0.717) is 22.9 Å². The van der Waals surface area contributed by atoms with Crippen LogP contribution >= 0.6 is 23.2 Å². The maximum atomic E-state index is 12.9. The van der Waals surface area contributed by atoms with Gasteiger partial charge in [0.15, 0.2) is 0 Å². The average molecular weight is 328 g/mol. The fourth-order valence-electron chi connectivity index (χ4n) is 1.62. The highest BCUT2D eigenvalue weighted by Crippen LogP contribution is 2.24. The molecule has 0 aliphatic rings. The number of ether oxygens (including phenoxy) is 1. The van der Waals surface area contributed by atoms with E-state index < -0.39 is 5.82 Å². The largest absolute Gasteiger partial charge is 0.490 e. The highest BCUT2D eigenvalue weighted by atomic mass is 35.5. The fraction of sp³-hybridized carbons (Fsp3) is 0.133. The summed E-state index contributed by atoms with van der Waals surface area (Å²) in [7, 11) is 0. The second-order valence-electron chi connectivity index (χ2n) is 4.19. The molecule has 0 unspecified atom stereocenters. The number of amides is 1. The molecule has 0 fully saturated rings. The van der Waals surface area contributed by atoms with Gasteiger partial charge in [0.2, 0.25) is 0 Å². The van der Waals surface area contributed by atoms with Crippen LogP contribution in [-0.4, -0.2) is 19.1 Å². The lowest BCUT2D eigenvalue weighted by Gasteiger charge is -2.09. The first-order valence-corrected chi connectivity index (χ1v) is 6.93. The van der Waals surface area contributed by atoms with E-state index in [1.165, 1.54) is 18.2 Å². The van der Waals surface area contributed by atoms with E-state index >= 15 is 0 Å². The Balaban J connectivity index is 1.79. The van der Waals surface area contributed by atoms with Crippen LogP contribution in [0.15, 0.2) is 42.5 Å². The molecule has 6 heteroatoms.